The topological polar surface area (TPSA) is 71.0 Å². The van der Waals surface area contributed by atoms with Crippen LogP contribution in [0.2, 0.25) is 5.02 Å². The zero-order chi connectivity index (χ0) is 14.8. The van der Waals surface area contributed by atoms with Gasteiger partial charge >= 0.3 is 0 Å². The van der Waals surface area contributed by atoms with Crippen LogP contribution < -0.4 is 4.74 Å². The van der Waals surface area contributed by atoms with Crippen molar-refractivity contribution in [1.82, 2.24) is 15.4 Å². The van der Waals surface area contributed by atoms with Crippen molar-refractivity contribution >= 4 is 11.6 Å². The lowest BCUT2D eigenvalue weighted by Crippen LogP contribution is -2.34. The molecule has 0 aliphatic heterocycles. The van der Waals surface area contributed by atoms with Crippen LogP contribution in [0.4, 0.5) is 0 Å². The van der Waals surface area contributed by atoms with Crippen LogP contribution in [0.25, 0.3) is 0 Å². The summed E-state index contributed by atoms with van der Waals surface area (Å²) in [7, 11) is 0. The molecule has 0 bridgehead atoms. The van der Waals surface area contributed by atoms with E-state index in [2.05, 4.69) is 15.4 Å². The third-order valence-electron chi connectivity index (χ3n) is 2.94. The molecule has 0 radical (unpaired) electrons. The first-order valence-electron chi connectivity index (χ1n) is 6.46. The largest absolute Gasteiger partial charge is 0.481 e. The third-order valence-corrected chi connectivity index (χ3v) is 3.20. The molecule has 2 N–H and O–H groups in total. The van der Waals surface area contributed by atoms with Gasteiger partial charge in [0.25, 0.3) is 0 Å². The van der Waals surface area contributed by atoms with Gasteiger partial charge in [0.05, 0.1) is 5.69 Å². The summed E-state index contributed by atoms with van der Waals surface area (Å²) in [6, 6.07) is 6.99. The number of aromatic amines is 1. The Hall–Kier alpha value is -1.59. The Morgan fingerprint density at radius 2 is 1.95 bits per heavy atom. The first kappa shape index (κ1) is 14.8. The highest BCUT2D eigenvalue weighted by Gasteiger charge is 2.34. The van der Waals surface area contributed by atoms with Crippen LogP contribution in [0.5, 0.6) is 5.75 Å². The number of H-pyrrole nitrogens is 1. The summed E-state index contributed by atoms with van der Waals surface area (Å²) < 4.78 is 5.89. The lowest BCUT2D eigenvalue weighted by atomic mass is 9.97. The van der Waals surface area contributed by atoms with Crippen molar-refractivity contribution in [2.24, 2.45) is 0 Å². The second-order valence-corrected chi connectivity index (χ2v) is 5.55. The lowest BCUT2D eigenvalue weighted by Gasteiger charge is -2.29. The van der Waals surface area contributed by atoms with Gasteiger partial charge in [-0.05, 0) is 44.5 Å². The average molecular weight is 296 g/mol. The Morgan fingerprint density at radius 3 is 2.50 bits per heavy atom. The molecule has 1 aromatic carbocycles. The second kappa shape index (κ2) is 5.81. The number of aliphatic hydroxyl groups is 1. The number of halogens is 1. The molecular weight excluding hydrogens is 278 g/mol. The van der Waals surface area contributed by atoms with Gasteiger partial charge < -0.3 is 9.84 Å². The third kappa shape index (κ3) is 3.29. The first-order chi connectivity index (χ1) is 9.41. The molecule has 0 aliphatic carbocycles. The predicted octanol–water partition coefficient (Wildman–Crippen LogP) is 2.91. The van der Waals surface area contributed by atoms with Crippen molar-refractivity contribution in [2.45, 2.75) is 38.9 Å². The van der Waals surface area contributed by atoms with Crippen molar-refractivity contribution < 1.29 is 9.84 Å². The number of aromatic nitrogens is 3. The van der Waals surface area contributed by atoms with Crippen LogP contribution in [0.3, 0.4) is 0 Å². The molecule has 108 valence electrons. The Bertz CT molecular complexity index is 561. The van der Waals surface area contributed by atoms with Gasteiger partial charge in [0, 0.05) is 5.02 Å². The molecule has 6 heteroatoms. The number of hydrogen-bond acceptors (Lipinski definition) is 4. The number of nitrogens with one attached hydrogen (secondary N) is 1. The van der Waals surface area contributed by atoms with E-state index in [1.807, 2.05) is 6.92 Å². The highest BCUT2D eigenvalue weighted by atomic mass is 35.5. The van der Waals surface area contributed by atoms with E-state index in [9.17, 15) is 5.11 Å². The van der Waals surface area contributed by atoms with Crippen molar-refractivity contribution in [1.29, 1.82) is 0 Å². The van der Waals surface area contributed by atoms with Gasteiger partial charge in [0.1, 0.15) is 17.0 Å². The maximum Gasteiger partial charge on any atom is 0.172 e. The van der Waals surface area contributed by atoms with Gasteiger partial charge in [-0.1, -0.05) is 18.5 Å². The maximum atomic E-state index is 10.4. The predicted molar refractivity (Wildman–Crippen MR) is 76.9 cm³/mol. The van der Waals surface area contributed by atoms with Crippen molar-refractivity contribution in [3.63, 3.8) is 0 Å². The van der Waals surface area contributed by atoms with Crippen LogP contribution in [-0.2, 0) is 6.42 Å². The molecule has 1 unspecified atom stereocenters. The minimum absolute atomic E-state index is 0.614. The summed E-state index contributed by atoms with van der Waals surface area (Å²) in [5.41, 5.74) is 0.307. The summed E-state index contributed by atoms with van der Waals surface area (Å²) in [5.74, 6) is 0.617. The van der Waals surface area contributed by atoms with E-state index in [4.69, 9.17) is 16.3 Å². The Kier molecular flexibility index (Phi) is 4.30. The van der Waals surface area contributed by atoms with Gasteiger partial charge in [-0.25, -0.2) is 0 Å². The first-order valence-corrected chi connectivity index (χ1v) is 6.83. The Morgan fingerprint density at radius 1 is 1.30 bits per heavy atom. The molecule has 1 atom stereocenters. The van der Waals surface area contributed by atoms with Gasteiger partial charge in [-0.2, -0.15) is 15.4 Å². The highest BCUT2D eigenvalue weighted by Crippen LogP contribution is 2.31. The van der Waals surface area contributed by atoms with E-state index in [-0.39, 0.29) is 0 Å². The normalized spacial score (nSPS) is 13.2. The molecule has 1 heterocycles. The number of aryl methyl sites for hydroxylation is 1. The van der Waals surface area contributed by atoms with E-state index in [0.29, 0.717) is 22.9 Å². The fourth-order valence-electron chi connectivity index (χ4n) is 1.91. The Balaban J connectivity index is 2.32. The molecule has 5 nitrogen and oxygen atoms in total. The maximum absolute atomic E-state index is 10.4. The van der Waals surface area contributed by atoms with Gasteiger partial charge in [0.2, 0.25) is 0 Å². The van der Waals surface area contributed by atoms with Gasteiger partial charge in [-0.15, -0.1) is 0 Å². The SMILES string of the molecule is CCc1n[nH]nc1C(Oc1ccc(Cl)cc1)C(C)(C)O. The summed E-state index contributed by atoms with van der Waals surface area (Å²) in [4.78, 5) is 0. The van der Waals surface area contributed by atoms with Crippen molar-refractivity contribution in [2.75, 3.05) is 0 Å². The molecular formula is C14H18ClN3O2. The number of hydrogen-bond donors (Lipinski definition) is 2. The molecule has 0 fully saturated rings. The van der Waals surface area contributed by atoms with Crippen molar-refractivity contribution in [3.05, 3.63) is 40.7 Å². The summed E-state index contributed by atoms with van der Waals surface area (Å²) in [6.07, 6.45) is 0.0972. The summed E-state index contributed by atoms with van der Waals surface area (Å²) >= 11 is 5.85. The molecule has 0 amide bonds. The number of rotatable bonds is 5. The quantitative estimate of drug-likeness (QED) is 0.890. The van der Waals surface area contributed by atoms with Crippen LogP contribution in [-0.4, -0.2) is 26.1 Å². The summed E-state index contributed by atoms with van der Waals surface area (Å²) in [5, 5.41) is 21.8. The molecule has 0 saturated carbocycles. The summed E-state index contributed by atoms with van der Waals surface area (Å²) in [6.45, 7) is 5.34. The molecule has 0 saturated heterocycles. The minimum atomic E-state index is -1.10. The van der Waals surface area contributed by atoms with E-state index in [1.54, 1.807) is 38.1 Å². The standard InChI is InChI=1S/C14H18ClN3O2/c1-4-11-12(17-18-16-11)13(14(2,3)19)20-10-7-5-9(15)6-8-10/h5-8,13,19H,4H2,1-3H3,(H,16,17,18). The van der Waals surface area contributed by atoms with Gasteiger partial charge in [-0.3, -0.25) is 0 Å². The van der Waals surface area contributed by atoms with Crippen LogP contribution in [0.15, 0.2) is 24.3 Å². The smallest absolute Gasteiger partial charge is 0.172 e. The molecule has 2 rings (SSSR count). The molecule has 1 aromatic heterocycles. The van der Waals surface area contributed by atoms with E-state index in [0.717, 1.165) is 5.69 Å². The number of benzene rings is 1. The zero-order valence-electron chi connectivity index (χ0n) is 11.7. The fourth-order valence-corrected chi connectivity index (χ4v) is 2.04. The molecule has 0 aliphatic rings. The lowest BCUT2D eigenvalue weighted by molar-refractivity contribution is -0.0378. The number of nitrogens with zero attached hydrogens (tertiary/aromatic N) is 2. The molecule has 0 spiro atoms. The van der Waals surface area contributed by atoms with Crippen LogP contribution in [0, 0.1) is 0 Å². The van der Waals surface area contributed by atoms with E-state index < -0.39 is 11.7 Å². The fraction of sp³-hybridized carbons (Fsp3) is 0.429. The molecule has 2 aromatic rings. The highest BCUT2D eigenvalue weighted by molar-refractivity contribution is 6.30. The second-order valence-electron chi connectivity index (χ2n) is 5.11. The van der Waals surface area contributed by atoms with Crippen LogP contribution >= 0.6 is 11.6 Å². The van der Waals surface area contributed by atoms with E-state index >= 15 is 0 Å². The van der Waals surface area contributed by atoms with Crippen LogP contribution in [0.1, 0.15) is 38.3 Å². The van der Waals surface area contributed by atoms with E-state index in [1.165, 1.54) is 0 Å². The van der Waals surface area contributed by atoms with Crippen molar-refractivity contribution in [3.8, 4) is 5.75 Å². The molecule has 20 heavy (non-hydrogen) atoms. The average Bonchev–Trinajstić information content (AvgIpc) is 2.84. The zero-order valence-corrected chi connectivity index (χ0v) is 12.5. The minimum Gasteiger partial charge on any atom is -0.481 e. The Labute approximate surface area is 122 Å². The van der Waals surface area contributed by atoms with Gasteiger partial charge in [0.15, 0.2) is 6.10 Å². The number of ether oxygens (including phenoxy) is 1. The monoisotopic (exact) mass is 295 g/mol.